The third-order valence-corrected chi connectivity index (χ3v) is 2.51. The lowest BCUT2D eigenvalue weighted by Crippen LogP contribution is -2.30. The minimum Gasteiger partial charge on any atom is -0.481 e. The Hall–Kier alpha value is -2.64. The maximum Gasteiger partial charge on any atom is 0.340 e. The summed E-state index contributed by atoms with van der Waals surface area (Å²) < 4.78 is 18.4. The van der Waals surface area contributed by atoms with Crippen molar-refractivity contribution in [2.24, 2.45) is 0 Å². The number of hydrogen-bond acceptors (Lipinski definition) is 4. The predicted octanol–water partition coefficient (Wildman–Crippen LogP) is 1.60. The molecule has 0 atom stereocenters. The fourth-order valence-corrected chi connectivity index (χ4v) is 1.50. The van der Waals surface area contributed by atoms with E-state index in [1.165, 1.54) is 18.2 Å². The molecule has 0 saturated heterocycles. The molecule has 1 aromatic carbocycles. The van der Waals surface area contributed by atoms with E-state index in [9.17, 15) is 18.8 Å². The molecule has 0 bridgehead atoms. The number of urea groups is 1. The molecule has 3 N–H and O–H groups in total. The van der Waals surface area contributed by atoms with Crippen LogP contribution < -0.4 is 10.6 Å². The Morgan fingerprint density at radius 2 is 2.05 bits per heavy atom. The zero-order valence-corrected chi connectivity index (χ0v) is 11.3. The molecule has 0 aliphatic rings. The number of ether oxygens (including phenoxy) is 1. The topological polar surface area (TPSA) is 105 Å². The zero-order chi connectivity index (χ0) is 15.8. The van der Waals surface area contributed by atoms with Crippen LogP contribution in [-0.4, -0.2) is 36.7 Å². The number of benzene rings is 1. The van der Waals surface area contributed by atoms with E-state index in [4.69, 9.17) is 5.11 Å². The van der Waals surface area contributed by atoms with Gasteiger partial charge in [0, 0.05) is 13.0 Å². The molecule has 1 rings (SSSR count). The van der Waals surface area contributed by atoms with Crippen molar-refractivity contribution in [3.05, 3.63) is 29.6 Å². The van der Waals surface area contributed by atoms with Gasteiger partial charge < -0.3 is 20.5 Å². The van der Waals surface area contributed by atoms with Gasteiger partial charge in [-0.3, -0.25) is 4.79 Å². The van der Waals surface area contributed by atoms with Gasteiger partial charge >= 0.3 is 18.0 Å². The summed E-state index contributed by atoms with van der Waals surface area (Å²) in [6.07, 6.45) is 0.180. The molecule has 8 heteroatoms. The molecule has 0 fully saturated rings. The second kappa shape index (κ2) is 7.83. The smallest absolute Gasteiger partial charge is 0.340 e. The van der Waals surface area contributed by atoms with Gasteiger partial charge in [0.1, 0.15) is 0 Å². The van der Waals surface area contributed by atoms with Crippen molar-refractivity contribution in [3.63, 3.8) is 0 Å². The number of halogens is 1. The van der Waals surface area contributed by atoms with E-state index in [1.807, 2.05) is 0 Å². The Kier molecular flexibility index (Phi) is 6.12. The van der Waals surface area contributed by atoms with Crippen molar-refractivity contribution in [1.29, 1.82) is 0 Å². The SMILES string of the molecule is COC(=O)c1cccc(NC(=O)NCCCC(=O)O)c1F. The Labute approximate surface area is 120 Å². The van der Waals surface area contributed by atoms with E-state index >= 15 is 0 Å². The fraction of sp³-hybridized carbons (Fsp3) is 0.308. The second-order valence-electron chi connectivity index (χ2n) is 4.04. The Morgan fingerprint density at radius 1 is 1.33 bits per heavy atom. The summed E-state index contributed by atoms with van der Waals surface area (Å²) in [6, 6.07) is 3.23. The first-order valence-corrected chi connectivity index (χ1v) is 6.09. The Bertz CT molecular complexity index is 547. The number of nitrogens with one attached hydrogen (secondary N) is 2. The molecule has 2 amide bonds. The highest BCUT2D eigenvalue weighted by Crippen LogP contribution is 2.18. The molecular formula is C13H15FN2O5. The van der Waals surface area contributed by atoms with Crippen LogP contribution >= 0.6 is 0 Å². The lowest BCUT2D eigenvalue weighted by atomic mass is 10.2. The molecule has 0 radical (unpaired) electrons. The monoisotopic (exact) mass is 298 g/mol. The summed E-state index contributed by atoms with van der Waals surface area (Å²) in [7, 11) is 1.12. The summed E-state index contributed by atoms with van der Waals surface area (Å²) in [5.74, 6) is -2.71. The Balaban J connectivity index is 2.60. The van der Waals surface area contributed by atoms with Crippen molar-refractivity contribution in [3.8, 4) is 0 Å². The summed E-state index contributed by atoms with van der Waals surface area (Å²) in [5.41, 5.74) is -0.463. The molecule has 0 aromatic heterocycles. The standard InChI is InChI=1S/C13H15FN2O5/c1-21-12(19)8-4-2-5-9(11(8)14)16-13(20)15-7-3-6-10(17)18/h2,4-5H,3,6-7H2,1H3,(H,17,18)(H2,15,16,20). The molecule has 0 aliphatic carbocycles. The van der Waals surface area contributed by atoms with Crippen LogP contribution in [0.5, 0.6) is 0 Å². The number of amides is 2. The number of carbonyl (C=O) groups excluding carboxylic acids is 2. The number of esters is 1. The van der Waals surface area contributed by atoms with Crippen LogP contribution in [0.3, 0.4) is 0 Å². The van der Waals surface area contributed by atoms with Crippen molar-refractivity contribution in [2.75, 3.05) is 19.0 Å². The number of hydrogen-bond donors (Lipinski definition) is 3. The number of rotatable bonds is 6. The number of carboxylic acid groups (broad SMARTS) is 1. The van der Waals surface area contributed by atoms with Gasteiger partial charge in [0.2, 0.25) is 0 Å². The summed E-state index contributed by atoms with van der Waals surface area (Å²) in [6.45, 7) is 0.135. The van der Waals surface area contributed by atoms with Crippen LogP contribution in [0.1, 0.15) is 23.2 Å². The predicted molar refractivity (Wildman–Crippen MR) is 71.6 cm³/mol. The number of carboxylic acids is 1. The van der Waals surface area contributed by atoms with Crippen LogP contribution in [0, 0.1) is 5.82 Å². The molecule has 0 aliphatic heterocycles. The van der Waals surface area contributed by atoms with E-state index in [1.54, 1.807) is 0 Å². The van der Waals surface area contributed by atoms with E-state index in [2.05, 4.69) is 15.4 Å². The van der Waals surface area contributed by atoms with Crippen LogP contribution in [-0.2, 0) is 9.53 Å². The average molecular weight is 298 g/mol. The minimum absolute atomic E-state index is 0.0769. The van der Waals surface area contributed by atoms with E-state index < -0.39 is 23.8 Å². The largest absolute Gasteiger partial charge is 0.481 e. The van der Waals surface area contributed by atoms with E-state index in [0.717, 1.165) is 7.11 Å². The lowest BCUT2D eigenvalue weighted by Gasteiger charge is -2.09. The van der Waals surface area contributed by atoms with Gasteiger partial charge in [0.05, 0.1) is 18.4 Å². The third-order valence-electron chi connectivity index (χ3n) is 2.51. The number of aliphatic carboxylic acids is 1. The second-order valence-corrected chi connectivity index (χ2v) is 4.04. The highest BCUT2D eigenvalue weighted by molar-refractivity contribution is 5.94. The van der Waals surface area contributed by atoms with Crippen LogP contribution in [0.15, 0.2) is 18.2 Å². The normalized spacial score (nSPS) is 9.81. The molecule has 21 heavy (non-hydrogen) atoms. The average Bonchev–Trinajstić information content (AvgIpc) is 2.45. The molecule has 1 aromatic rings. The first-order chi connectivity index (χ1) is 9.95. The molecule has 0 unspecified atom stereocenters. The van der Waals surface area contributed by atoms with Crippen molar-refractivity contribution >= 4 is 23.7 Å². The van der Waals surface area contributed by atoms with Gasteiger partial charge in [-0.05, 0) is 18.6 Å². The van der Waals surface area contributed by atoms with Gasteiger partial charge in [-0.1, -0.05) is 6.07 Å². The summed E-state index contributed by atoms with van der Waals surface area (Å²) in [4.78, 5) is 33.1. The number of anilines is 1. The van der Waals surface area contributed by atoms with Crippen molar-refractivity contribution < 1.29 is 28.6 Å². The zero-order valence-electron chi connectivity index (χ0n) is 11.3. The van der Waals surface area contributed by atoms with E-state index in [-0.39, 0.29) is 30.6 Å². The van der Waals surface area contributed by atoms with Gasteiger partial charge in [-0.15, -0.1) is 0 Å². The van der Waals surface area contributed by atoms with Gasteiger partial charge in [0.15, 0.2) is 5.82 Å². The van der Waals surface area contributed by atoms with Crippen LogP contribution in [0.25, 0.3) is 0 Å². The van der Waals surface area contributed by atoms with Gasteiger partial charge in [0.25, 0.3) is 0 Å². The molecule has 114 valence electrons. The van der Waals surface area contributed by atoms with Crippen LogP contribution in [0.2, 0.25) is 0 Å². The quantitative estimate of drug-likeness (QED) is 0.546. The molecule has 7 nitrogen and oxygen atoms in total. The number of methoxy groups -OCH3 is 1. The van der Waals surface area contributed by atoms with Gasteiger partial charge in [-0.25, -0.2) is 14.0 Å². The summed E-state index contributed by atoms with van der Waals surface area (Å²) in [5, 5.41) is 13.1. The minimum atomic E-state index is -0.964. The highest BCUT2D eigenvalue weighted by atomic mass is 19.1. The third kappa shape index (κ3) is 5.09. The molecular weight excluding hydrogens is 283 g/mol. The molecule has 0 heterocycles. The molecule has 0 saturated carbocycles. The maximum atomic E-state index is 13.9. The lowest BCUT2D eigenvalue weighted by molar-refractivity contribution is -0.137. The highest BCUT2D eigenvalue weighted by Gasteiger charge is 2.16. The first-order valence-electron chi connectivity index (χ1n) is 6.09. The van der Waals surface area contributed by atoms with E-state index in [0.29, 0.717) is 0 Å². The molecule has 0 spiro atoms. The first kappa shape index (κ1) is 16.4. The van der Waals surface area contributed by atoms with Crippen molar-refractivity contribution in [2.45, 2.75) is 12.8 Å². The van der Waals surface area contributed by atoms with Crippen LogP contribution in [0.4, 0.5) is 14.9 Å². The fourth-order valence-electron chi connectivity index (χ4n) is 1.50. The Morgan fingerprint density at radius 3 is 2.67 bits per heavy atom. The van der Waals surface area contributed by atoms with Crippen molar-refractivity contribution in [1.82, 2.24) is 5.32 Å². The summed E-state index contributed by atoms with van der Waals surface area (Å²) >= 11 is 0. The van der Waals surface area contributed by atoms with Gasteiger partial charge in [-0.2, -0.15) is 0 Å². The number of carbonyl (C=O) groups is 3. The maximum absolute atomic E-state index is 13.9.